The minimum Gasteiger partial charge on any atom is -0.336 e. The number of para-hydroxylation sites is 3. The monoisotopic (exact) mass is 723 g/mol. The Labute approximate surface area is 317 Å². The molecule has 10 heteroatoms. The maximum atomic E-state index is 14.2. The molecule has 2 aliphatic rings. The molecule has 1 aliphatic carbocycles. The third kappa shape index (κ3) is 13.7. The van der Waals surface area contributed by atoms with Gasteiger partial charge in [-0.1, -0.05) is 99.5 Å². The van der Waals surface area contributed by atoms with Gasteiger partial charge in [0.15, 0.2) is 0 Å². The Morgan fingerprint density at radius 3 is 1.94 bits per heavy atom. The first-order chi connectivity index (χ1) is 25.9. The van der Waals surface area contributed by atoms with Crippen LogP contribution >= 0.6 is 0 Å². The number of nitrogens with one attached hydrogen (secondary N) is 4. The minimum atomic E-state index is -0.303. The summed E-state index contributed by atoms with van der Waals surface area (Å²) in [5.74, 6) is 0.903. The van der Waals surface area contributed by atoms with Crippen molar-refractivity contribution in [2.45, 2.75) is 95.6 Å². The van der Waals surface area contributed by atoms with Gasteiger partial charge in [-0.05, 0) is 93.9 Å². The molecule has 2 atom stereocenters. The fourth-order valence-corrected chi connectivity index (χ4v) is 7.81. The van der Waals surface area contributed by atoms with E-state index in [0.29, 0.717) is 31.7 Å². The molecule has 1 aliphatic heterocycles. The van der Waals surface area contributed by atoms with Crippen molar-refractivity contribution in [3.63, 3.8) is 0 Å². The van der Waals surface area contributed by atoms with Gasteiger partial charge in [0.05, 0.1) is 6.04 Å². The summed E-state index contributed by atoms with van der Waals surface area (Å²) < 4.78 is 0. The van der Waals surface area contributed by atoms with Gasteiger partial charge in [-0.3, -0.25) is 4.90 Å². The van der Waals surface area contributed by atoms with Gasteiger partial charge in [-0.15, -0.1) is 0 Å². The van der Waals surface area contributed by atoms with Crippen LogP contribution in [0.1, 0.15) is 83.5 Å². The number of likely N-dealkylation sites (tertiary alicyclic amines) is 1. The van der Waals surface area contributed by atoms with E-state index >= 15 is 0 Å². The number of rotatable bonds is 18. The van der Waals surface area contributed by atoms with E-state index in [1.165, 1.54) is 51.4 Å². The van der Waals surface area contributed by atoms with Gasteiger partial charge >= 0.3 is 18.1 Å². The number of unbranched alkanes of at least 4 members (excludes halogenated alkanes) is 2. The number of benzene rings is 3. The van der Waals surface area contributed by atoms with Crippen LogP contribution in [-0.4, -0.2) is 84.6 Å². The van der Waals surface area contributed by atoms with E-state index < -0.39 is 0 Å². The number of carbonyl (C=O) groups is 3. The van der Waals surface area contributed by atoms with Crippen LogP contribution in [0.2, 0.25) is 0 Å². The number of amides is 6. The number of hydrogen-bond acceptors (Lipinski definition) is 4. The zero-order valence-corrected chi connectivity index (χ0v) is 31.7. The zero-order valence-electron chi connectivity index (χ0n) is 31.7. The van der Waals surface area contributed by atoms with Gasteiger partial charge in [0, 0.05) is 49.8 Å². The topological polar surface area (TPSA) is 109 Å². The quantitative estimate of drug-likeness (QED) is 0.0982. The predicted octanol–water partition coefficient (Wildman–Crippen LogP) is 9.26. The van der Waals surface area contributed by atoms with Crippen molar-refractivity contribution in [2.75, 3.05) is 55.7 Å². The highest BCUT2D eigenvalue weighted by Crippen LogP contribution is 2.28. The van der Waals surface area contributed by atoms with Crippen molar-refractivity contribution in [1.29, 1.82) is 0 Å². The highest BCUT2D eigenvalue weighted by atomic mass is 16.2. The lowest BCUT2D eigenvalue weighted by molar-refractivity contribution is 0.142. The molecular formula is C43H61N7O3. The molecule has 286 valence electrons. The normalized spacial score (nSPS) is 16.7. The Morgan fingerprint density at radius 2 is 1.30 bits per heavy atom. The summed E-state index contributed by atoms with van der Waals surface area (Å²) in [4.78, 5) is 46.4. The van der Waals surface area contributed by atoms with Crippen molar-refractivity contribution >= 4 is 35.2 Å². The van der Waals surface area contributed by atoms with Crippen LogP contribution in [0.25, 0.3) is 0 Å². The maximum absolute atomic E-state index is 14.2. The van der Waals surface area contributed by atoms with E-state index in [1.807, 2.05) is 95.9 Å². The predicted molar refractivity (Wildman–Crippen MR) is 216 cm³/mol. The molecule has 6 amide bonds. The average molecular weight is 724 g/mol. The van der Waals surface area contributed by atoms with Crippen LogP contribution in [0.3, 0.4) is 0 Å². The van der Waals surface area contributed by atoms with Crippen molar-refractivity contribution in [3.8, 4) is 0 Å². The third-order valence-corrected chi connectivity index (χ3v) is 10.8. The van der Waals surface area contributed by atoms with Crippen LogP contribution in [0.4, 0.5) is 31.4 Å². The Morgan fingerprint density at radius 1 is 0.698 bits per heavy atom. The van der Waals surface area contributed by atoms with Gasteiger partial charge in [-0.25, -0.2) is 14.4 Å². The second-order valence-electron chi connectivity index (χ2n) is 14.8. The lowest BCUT2D eigenvalue weighted by Crippen LogP contribution is -2.53. The Balaban J connectivity index is 1.24. The van der Waals surface area contributed by atoms with E-state index in [2.05, 4.69) is 26.2 Å². The van der Waals surface area contributed by atoms with Crippen molar-refractivity contribution < 1.29 is 14.4 Å². The lowest BCUT2D eigenvalue weighted by Gasteiger charge is -2.36. The van der Waals surface area contributed by atoms with E-state index in [-0.39, 0.29) is 30.2 Å². The van der Waals surface area contributed by atoms with E-state index in [4.69, 9.17) is 0 Å². The number of urea groups is 3. The fourth-order valence-electron chi connectivity index (χ4n) is 7.81. The molecule has 0 aromatic heterocycles. The Hall–Kier alpha value is -4.57. The summed E-state index contributed by atoms with van der Waals surface area (Å²) in [5.41, 5.74) is 2.21. The lowest BCUT2D eigenvalue weighted by atomic mass is 9.86. The van der Waals surface area contributed by atoms with Crippen molar-refractivity contribution in [2.24, 2.45) is 5.92 Å². The number of anilines is 3. The molecule has 4 N–H and O–H groups in total. The van der Waals surface area contributed by atoms with Crippen LogP contribution in [0.15, 0.2) is 91.0 Å². The van der Waals surface area contributed by atoms with Gasteiger partial charge in [-0.2, -0.15) is 0 Å². The van der Waals surface area contributed by atoms with Gasteiger partial charge in [0.25, 0.3) is 0 Å². The molecule has 0 spiro atoms. The highest BCUT2D eigenvalue weighted by molar-refractivity contribution is 5.91. The summed E-state index contributed by atoms with van der Waals surface area (Å²) in [6, 6.07) is 27.8. The summed E-state index contributed by atoms with van der Waals surface area (Å²) in [6.45, 7) is 3.58. The first kappa shape index (κ1) is 39.6. The van der Waals surface area contributed by atoms with Crippen LogP contribution in [0.5, 0.6) is 0 Å². The Kier molecular flexibility index (Phi) is 16.3. The van der Waals surface area contributed by atoms with E-state index in [1.54, 1.807) is 11.9 Å². The first-order valence-electron chi connectivity index (χ1n) is 20.0. The number of nitrogens with zero attached hydrogens (tertiary/aromatic N) is 3. The maximum Gasteiger partial charge on any atom is 0.322 e. The molecule has 3 aromatic rings. The molecule has 2 fully saturated rings. The third-order valence-electron chi connectivity index (χ3n) is 10.8. The SMILES string of the molecule is CN(CCCC[C@H](CNC(=O)Nc1ccccc1)N(C[C@H]1CCCN1CCCCC1CCCCC1)C(=O)Nc1ccccc1)C(=O)Nc1ccccc1. The second kappa shape index (κ2) is 21.8. The van der Waals surface area contributed by atoms with Gasteiger partial charge in [0.1, 0.15) is 0 Å². The highest BCUT2D eigenvalue weighted by Gasteiger charge is 2.32. The molecule has 53 heavy (non-hydrogen) atoms. The van der Waals surface area contributed by atoms with E-state index in [0.717, 1.165) is 56.1 Å². The Bertz CT molecular complexity index is 1500. The van der Waals surface area contributed by atoms with Crippen molar-refractivity contribution in [3.05, 3.63) is 91.0 Å². The molecule has 10 nitrogen and oxygen atoms in total. The van der Waals surface area contributed by atoms with Gasteiger partial charge < -0.3 is 31.1 Å². The molecule has 1 saturated heterocycles. The first-order valence-corrected chi connectivity index (χ1v) is 20.0. The molecule has 0 unspecified atom stereocenters. The zero-order chi connectivity index (χ0) is 37.1. The number of carbonyl (C=O) groups excluding carboxylic acids is 3. The van der Waals surface area contributed by atoms with Gasteiger partial charge in [0.2, 0.25) is 0 Å². The molecule has 1 heterocycles. The second-order valence-corrected chi connectivity index (χ2v) is 14.8. The standard InChI is InChI=1S/C43H61N7O3/c1-48(42(52)46-37-24-10-4-11-25-37)30-16-15-28-39(33-44-41(51)45-36-22-8-3-9-23-36)50(43(53)47-38-26-12-5-13-27-38)34-40-29-18-32-49(40)31-17-14-21-35-19-6-2-7-20-35/h3-5,8-13,22-27,35,39-40H,2,6-7,14-21,28-34H2,1H3,(H,46,52)(H,47,53)(H2,44,45,51)/t39-,40-/m1/s1. The van der Waals surface area contributed by atoms with Crippen LogP contribution in [0, 0.1) is 5.92 Å². The molecule has 0 bridgehead atoms. The minimum absolute atomic E-state index is 0.157. The summed E-state index contributed by atoms with van der Waals surface area (Å²) >= 11 is 0. The summed E-state index contributed by atoms with van der Waals surface area (Å²) in [6.07, 6.45) is 15.2. The smallest absolute Gasteiger partial charge is 0.322 e. The molecule has 3 aromatic carbocycles. The van der Waals surface area contributed by atoms with Crippen LogP contribution in [-0.2, 0) is 0 Å². The average Bonchev–Trinajstić information content (AvgIpc) is 3.63. The molecule has 5 rings (SSSR count). The summed E-state index contributed by atoms with van der Waals surface area (Å²) in [5, 5.41) is 12.1. The number of hydrogen-bond donors (Lipinski definition) is 4. The molecular weight excluding hydrogens is 663 g/mol. The van der Waals surface area contributed by atoms with Crippen molar-refractivity contribution in [1.82, 2.24) is 20.0 Å². The largest absolute Gasteiger partial charge is 0.336 e. The summed E-state index contributed by atoms with van der Waals surface area (Å²) in [7, 11) is 1.80. The fraction of sp³-hybridized carbons (Fsp3) is 0.512. The molecule has 0 radical (unpaired) electrons. The van der Waals surface area contributed by atoms with E-state index in [9.17, 15) is 14.4 Å². The molecule has 1 saturated carbocycles. The van der Waals surface area contributed by atoms with Crippen LogP contribution < -0.4 is 21.3 Å².